The van der Waals surface area contributed by atoms with Crippen molar-refractivity contribution in [2.45, 2.75) is 13.0 Å². The highest BCUT2D eigenvalue weighted by Crippen LogP contribution is 2.07. The summed E-state index contributed by atoms with van der Waals surface area (Å²) in [5.74, 6) is 0.884. The molecule has 0 aliphatic rings. The molecule has 0 saturated heterocycles. The molecule has 0 atom stereocenters. The number of aromatic nitrogens is 4. The van der Waals surface area contributed by atoms with E-state index in [-0.39, 0.29) is 0 Å². The summed E-state index contributed by atoms with van der Waals surface area (Å²) in [6.45, 7) is 2.32. The van der Waals surface area contributed by atoms with Gasteiger partial charge in [0.1, 0.15) is 0 Å². The first kappa shape index (κ1) is 12.6. The van der Waals surface area contributed by atoms with Crippen LogP contribution in [0.4, 0.5) is 5.95 Å². The van der Waals surface area contributed by atoms with Crippen LogP contribution < -0.4 is 5.32 Å². The minimum absolute atomic E-state index is 0.675. The van der Waals surface area contributed by atoms with Crippen molar-refractivity contribution >= 4 is 5.95 Å². The predicted octanol–water partition coefficient (Wildman–Crippen LogP) is 0.918. The van der Waals surface area contributed by atoms with Gasteiger partial charge in [-0.2, -0.15) is 5.10 Å². The quantitative estimate of drug-likeness (QED) is 0.741. The highest BCUT2D eigenvalue weighted by molar-refractivity contribution is 5.25. The lowest BCUT2D eigenvalue weighted by molar-refractivity contribution is 0.210. The van der Waals surface area contributed by atoms with Crippen molar-refractivity contribution < 1.29 is 4.74 Å². The Kier molecular flexibility index (Phi) is 4.35. The summed E-state index contributed by atoms with van der Waals surface area (Å²) in [5.41, 5.74) is 1.21. The summed E-state index contributed by atoms with van der Waals surface area (Å²) in [5, 5.41) is 7.40. The van der Waals surface area contributed by atoms with Crippen LogP contribution in [-0.4, -0.2) is 39.6 Å². The summed E-state index contributed by atoms with van der Waals surface area (Å²) in [4.78, 5) is 4.28. The van der Waals surface area contributed by atoms with E-state index < -0.39 is 0 Å². The zero-order valence-electron chi connectivity index (χ0n) is 10.8. The molecule has 2 aromatic rings. The Morgan fingerprint density at radius 3 is 3.00 bits per heavy atom. The second kappa shape index (κ2) is 6.20. The molecule has 0 fully saturated rings. The molecule has 1 N–H and O–H groups in total. The lowest BCUT2D eigenvalue weighted by atomic mass is 10.3. The Bertz CT molecular complexity index is 476. The third-order valence-corrected chi connectivity index (χ3v) is 2.84. The van der Waals surface area contributed by atoms with Crippen LogP contribution in [0.2, 0.25) is 0 Å². The van der Waals surface area contributed by atoms with Gasteiger partial charge >= 0.3 is 0 Å². The van der Waals surface area contributed by atoms with Gasteiger partial charge in [-0.3, -0.25) is 4.68 Å². The SMILES string of the molecule is COCCNc1nccn1CCc1ccnn1C. The molecule has 0 spiro atoms. The van der Waals surface area contributed by atoms with Crippen LogP contribution in [0.25, 0.3) is 0 Å². The third kappa shape index (κ3) is 3.10. The average Bonchev–Trinajstić information content (AvgIpc) is 2.96. The van der Waals surface area contributed by atoms with Crippen molar-refractivity contribution in [3.8, 4) is 0 Å². The number of ether oxygens (including phenoxy) is 1. The van der Waals surface area contributed by atoms with Crippen molar-refractivity contribution in [2.24, 2.45) is 7.05 Å². The lowest BCUT2D eigenvalue weighted by Crippen LogP contribution is -2.13. The summed E-state index contributed by atoms with van der Waals surface area (Å²) >= 11 is 0. The van der Waals surface area contributed by atoms with Crippen LogP contribution in [0.15, 0.2) is 24.7 Å². The van der Waals surface area contributed by atoms with E-state index in [0.29, 0.717) is 6.61 Å². The Balaban J connectivity index is 1.89. The van der Waals surface area contributed by atoms with Gasteiger partial charge in [0, 0.05) is 58.0 Å². The standard InChI is InChI=1S/C12H19N5O/c1-16-11(3-5-15-16)4-8-17-9-6-13-12(17)14-7-10-18-2/h3,5-6,9H,4,7-8,10H2,1-2H3,(H,13,14). The summed E-state index contributed by atoms with van der Waals surface area (Å²) in [6, 6.07) is 2.04. The van der Waals surface area contributed by atoms with E-state index in [1.54, 1.807) is 13.3 Å². The molecule has 0 bridgehead atoms. The van der Waals surface area contributed by atoms with Crippen molar-refractivity contribution in [3.05, 3.63) is 30.4 Å². The van der Waals surface area contributed by atoms with Crippen molar-refractivity contribution in [1.82, 2.24) is 19.3 Å². The van der Waals surface area contributed by atoms with Crippen LogP contribution in [0.5, 0.6) is 0 Å². The minimum Gasteiger partial charge on any atom is -0.383 e. The zero-order chi connectivity index (χ0) is 12.8. The molecule has 0 aliphatic carbocycles. The van der Waals surface area contributed by atoms with Crippen LogP contribution in [0, 0.1) is 0 Å². The summed E-state index contributed by atoms with van der Waals surface area (Å²) < 4.78 is 9.00. The summed E-state index contributed by atoms with van der Waals surface area (Å²) in [7, 11) is 3.65. The van der Waals surface area contributed by atoms with E-state index in [9.17, 15) is 0 Å². The molecule has 6 heteroatoms. The van der Waals surface area contributed by atoms with Crippen LogP contribution in [0.1, 0.15) is 5.69 Å². The maximum atomic E-state index is 5.00. The normalized spacial score (nSPS) is 10.8. The monoisotopic (exact) mass is 249 g/mol. The van der Waals surface area contributed by atoms with Crippen molar-refractivity contribution in [1.29, 1.82) is 0 Å². The number of methoxy groups -OCH3 is 1. The fraction of sp³-hybridized carbons (Fsp3) is 0.500. The fourth-order valence-corrected chi connectivity index (χ4v) is 1.80. The van der Waals surface area contributed by atoms with Gasteiger partial charge in [0.15, 0.2) is 0 Å². The number of imidazole rings is 1. The van der Waals surface area contributed by atoms with Crippen molar-refractivity contribution in [3.63, 3.8) is 0 Å². The van der Waals surface area contributed by atoms with Gasteiger partial charge in [-0.1, -0.05) is 0 Å². The number of nitrogens with one attached hydrogen (secondary N) is 1. The largest absolute Gasteiger partial charge is 0.383 e. The van der Waals surface area contributed by atoms with E-state index >= 15 is 0 Å². The van der Waals surface area contributed by atoms with E-state index in [1.165, 1.54) is 5.69 Å². The number of hydrogen-bond donors (Lipinski definition) is 1. The molecular weight excluding hydrogens is 230 g/mol. The van der Waals surface area contributed by atoms with Crippen molar-refractivity contribution in [2.75, 3.05) is 25.6 Å². The summed E-state index contributed by atoms with van der Waals surface area (Å²) in [6.07, 6.45) is 6.54. The molecule has 0 amide bonds. The second-order valence-electron chi connectivity index (χ2n) is 4.06. The Hall–Kier alpha value is -1.82. The molecule has 0 unspecified atom stereocenters. The molecular formula is C12H19N5O. The van der Waals surface area contributed by atoms with E-state index in [0.717, 1.165) is 25.5 Å². The highest BCUT2D eigenvalue weighted by Gasteiger charge is 2.03. The van der Waals surface area contributed by atoms with Gasteiger partial charge in [-0.25, -0.2) is 4.98 Å². The van der Waals surface area contributed by atoms with Gasteiger partial charge in [-0.15, -0.1) is 0 Å². The van der Waals surface area contributed by atoms with Gasteiger partial charge in [0.05, 0.1) is 6.61 Å². The predicted molar refractivity (Wildman–Crippen MR) is 69.5 cm³/mol. The lowest BCUT2D eigenvalue weighted by Gasteiger charge is -2.09. The number of aryl methyl sites for hydroxylation is 3. The topological polar surface area (TPSA) is 56.9 Å². The molecule has 0 radical (unpaired) electrons. The molecule has 2 rings (SSSR count). The van der Waals surface area contributed by atoms with Crippen LogP contribution in [-0.2, 0) is 24.8 Å². The van der Waals surface area contributed by atoms with Gasteiger partial charge in [0.25, 0.3) is 0 Å². The Labute approximate surface area is 107 Å². The van der Waals surface area contributed by atoms with Gasteiger partial charge in [-0.05, 0) is 6.07 Å². The first-order chi connectivity index (χ1) is 8.81. The molecule has 6 nitrogen and oxygen atoms in total. The zero-order valence-corrected chi connectivity index (χ0v) is 10.8. The molecule has 0 aromatic carbocycles. The Morgan fingerprint density at radius 2 is 2.28 bits per heavy atom. The molecule has 0 saturated carbocycles. The second-order valence-corrected chi connectivity index (χ2v) is 4.06. The molecule has 98 valence electrons. The van der Waals surface area contributed by atoms with E-state index in [2.05, 4.69) is 20.0 Å². The first-order valence-corrected chi connectivity index (χ1v) is 6.02. The Morgan fingerprint density at radius 1 is 1.39 bits per heavy atom. The number of rotatable bonds is 7. The van der Waals surface area contributed by atoms with E-state index in [1.807, 2.05) is 30.2 Å². The number of anilines is 1. The maximum Gasteiger partial charge on any atom is 0.202 e. The molecule has 2 aromatic heterocycles. The maximum absolute atomic E-state index is 5.00. The fourth-order valence-electron chi connectivity index (χ4n) is 1.80. The molecule has 18 heavy (non-hydrogen) atoms. The van der Waals surface area contributed by atoms with Crippen LogP contribution >= 0.6 is 0 Å². The first-order valence-electron chi connectivity index (χ1n) is 6.02. The van der Waals surface area contributed by atoms with Gasteiger partial charge < -0.3 is 14.6 Å². The average molecular weight is 249 g/mol. The number of hydrogen-bond acceptors (Lipinski definition) is 4. The highest BCUT2D eigenvalue weighted by atomic mass is 16.5. The molecule has 0 aliphatic heterocycles. The van der Waals surface area contributed by atoms with Gasteiger partial charge in [0.2, 0.25) is 5.95 Å². The van der Waals surface area contributed by atoms with Crippen LogP contribution in [0.3, 0.4) is 0 Å². The number of nitrogens with zero attached hydrogens (tertiary/aromatic N) is 4. The molecule has 2 heterocycles. The smallest absolute Gasteiger partial charge is 0.202 e. The van der Waals surface area contributed by atoms with E-state index in [4.69, 9.17) is 4.74 Å². The third-order valence-electron chi connectivity index (χ3n) is 2.84. The minimum atomic E-state index is 0.675.